The molecule has 2 N–H and O–H groups in total. The molecule has 0 saturated carbocycles. The first-order valence-corrected chi connectivity index (χ1v) is 7.54. The molecule has 9 heteroatoms. The van der Waals surface area contributed by atoms with Gasteiger partial charge >= 0.3 is 11.7 Å². The second kappa shape index (κ2) is 6.87. The number of carboxylic acid groups (broad SMARTS) is 1. The van der Waals surface area contributed by atoms with Gasteiger partial charge in [-0.3, -0.25) is 0 Å². The molecule has 0 spiro atoms. The van der Waals surface area contributed by atoms with E-state index in [1.165, 1.54) is 6.07 Å². The summed E-state index contributed by atoms with van der Waals surface area (Å²) in [5.41, 5.74) is 0.137. The number of fused-ring (bicyclic) bond motifs is 1. The summed E-state index contributed by atoms with van der Waals surface area (Å²) in [5.74, 6) is -1.86. The van der Waals surface area contributed by atoms with Crippen LogP contribution in [-0.4, -0.2) is 21.2 Å². The Morgan fingerprint density at radius 3 is 2.58 bits per heavy atom. The van der Waals surface area contributed by atoms with Gasteiger partial charge in [0.05, 0.1) is 0 Å². The standard InChI is InChI=1S/C17H13F2N3O4/c1-8-2-3-12-14(20-8)22-15(26-16(12)23)13(21-17(24)25)6-9-4-10(18)7-11(19)5-9/h2-5,7,13,21H,6H2,1H3,(H,24,25). The molecule has 0 radical (unpaired) electrons. The summed E-state index contributed by atoms with van der Waals surface area (Å²) in [5, 5.41) is 11.3. The van der Waals surface area contributed by atoms with Gasteiger partial charge in [-0.1, -0.05) is 0 Å². The van der Waals surface area contributed by atoms with Crippen LogP contribution in [-0.2, 0) is 6.42 Å². The van der Waals surface area contributed by atoms with Gasteiger partial charge in [0.15, 0.2) is 5.65 Å². The maximum atomic E-state index is 13.4. The van der Waals surface area contributed by atoms with Crippen LogP contribution in [0.1, 0.15) is 23.2 Å². The molecule has 1 amide bonds. The minimum absolute atomic E-state index is 0.0962. The van der Waals surface area contributed by atoms with Crippen molar-refractivity contribution in [2.24, 2.45) is 0 Å². The number of halogens is 2. The van der Waals surface area contributed by atoms with Gasteiger partial charge in [0.25, 0.3) is 0 Å². The van der Waals surface area contributed by atoms with Crippen molar-refractivity contribution in [2.45, 2.75) is 19.4 Å². The number of aryl methyl sites for hydroxylation is 1. The third-order valence-corrected chi connectivity index (χ3v) is 3.61. The number of hydrogen-bond donors (Lipinski definition) is 2. The number of aromatic nitrogens is 2. The molecule has 2 aromatic heterocycles. The molecule has 134 valence electrons. The molecule has 26 heavy (non-hydrogen) atoms. The maximum absolute atomic E-state index is 13.4. The number of rotatable bonds is 4. The summed E-state index contributed by atoms with van der Waals surface area (Å²) in [6.45, 7) is 1.71. The third kappa shape index (κ3) is 3.82. The summed E-state index contributed by atoms with van der Waals surface area (Å²) >= 11 is 0. The monoisotopic (exact) mass is 361 g/mol. The fourth-order valence-corrected chi connectivity index (χ4v) is 2.53. The van der Waals surface area contributed by atoms with Crippen molar-refractivity contribution in [3.63, 3.8) is 0 Å². The smallest absolute Gasteiger partial charge is 0.405 e. The van der Waals surface area contributed by atoms with Crippen LogP contribution in [0.2, 0.25) is 0 Å². The highest BCUT2D eigenvalue weighted by atomic mass is 19.1. The zero-order valence-electron chi connectivity index (χ0n) is 13.5. The highest BCUT2D eigenvalue weighted by Crippen LogP contribution is 2.19. The number of benzene rings is 1. The average Bonchev–Trinajstić information content (AvgIpc) is 2.52. The minimum Gasteiger partial charge on any atom is -0.465 e. The molecular formula is C17H13F2N3O4. The number of carbonyl (C=O) groups is 1. The minimum atomic E-state index is -1.41. The second-order valence-corrected chi connectivity index (χ2v) is 5.65. The first-order chi connectivity index (χ1) is 12.3. The van der Waals surface area contributed by atoms with Crippen LogP contribution in [0.3, 0.4) is 0 Å². The van der Waals surface area contributed by atoms with Crippen LogP contribution in [0.4, 0.5) is 13.6 Å². The Morgan fingerprint density at radius 1 is 1.23 bits per heavy atom. The lowest BCUT2D eigenvalue weighted by atomic mass is 10.1. The number of nitrogens with zero attached hydrogens (tertiary/aromatic N) is 2. The van der Waals surface area contributed by atoms with Gasteiger partial charge in [-0.2, -0.15) is 4.98 Å². The van der Waals surface area contributed by atoms with Gasteiger partial charge in [0.1, 0.15) is 23.1 Å². The molecule has 2 heterocycles. The van der Waals surface area contributed by atoms with Crippen LogP contribution in [0.25, 0.3) is 11.0 Å². The topological polar surface area (TPSA) is 105 Å². The highest BCUT2D eigenvalue weighted by Gasteiger charge is 2.22. The zero-order chi connectivity index (χ0) is 18.8. The van der Waals surface area contributed by atoms with E-state index in [4.69, 9.17) is 9.52 Å². The summed E-state index contributed by atoms with van der Waals surface area (Å²) in [4.78, 5) is 31.4. The van der Waals surface area contributed by atoms with Crippen molar-refractivity contribution in [2.75, 3.05) is 0 Å². The fraction of sp³-hybridized carbons (Fsp3) is 0.176. The normalized spacial score (nSPS) is 12.1. The van der Waals surface area contributed by atoms with Crippen LogP contribution >= 0.6 is 0 Å². The van der Waals surface area contributed by atoms with Crippen molar-refractivity contribution in [1.29, 1.82) is 0 Å². The summed E-state index contributed by atoms with van der Waals surface area (Å²) in [7, 11) is 0. The van der Waals surface area contributed by atoms with E-state index in [9.17, 15) is 18.4 Å². The van der Waals surface area contributed by atoms with Gasteiger partial charge < -0.3 is 14.8 Å². The zero-order valence-corrected chi connectivity index (χ0v) is 13.5. The van der Waals surface area contributed by atoms with E-state index in [1.807, 2.05) is 0 Å². The van der Waals surface area contributed by atoms with Gasteiger partial charge in [-0.15, -0.1) is 0 Å². The second-order valence-electron chi connectivity index (χ2n) is 5.65. The fourth-order valence-electron chi connectivity index (χ4n) is 2.53. The van der Waals surface area contributed by atoms with E-state index in [-0.39, 0.29) is 28.9 Å². The third-order valence-electron chi connectivity index (χ3n) is 3.61. The Bertz CT molecular complexity index is 1030. The van der Waals surface area contributed by atoms with Crippen molar-refractivity contribution in [1.82, 2.24) is 15.3 Å². The molecule has 0 aliphatic rings. The Labute approximate surface area is 145 Å². The maximum Gasteiger partial charge on any atom is 0.405 e. The molecule has 0 saturated heterocycles. The lowest BCUT2D eigenvalue weighted by Crippen LogP contribution is -2.30. The van der Waals surface area contributed by atoms with Gasteiger partial charge in [0, 0.05) is 18.2 Å². The first kappa shape index (κ1) is 17.5. The summed E-state index contributed by atoms with van der Waals surface area (Å²) < 4.78 is 31.9. The predicted octanol–water partition coefficient (Wildman–Crippen LogP) is 2.72. The summed E-state index contributed by atoms with van der Waals surface area (Å²) in [6, 6.07) is 4.80. The average molecular weight is 361 g/mol. The number of pyridine rings is 1. The van der Waals surface area contributed by atoms with Gasteiger partial charge in [-0.25, -0.2) is 23.4 Å². The van der Waals surface area contributed by atoms with Crippen LogP contribution in [0.5, 0.6) is 0 Å². The Balaban J connectivity index is 2.06. The van der Waals surface area contributed by atoms with Gasteiger partial charge in [-0.05, 0) is 36.8 Å². The van der Waals surface area contributed by atoms with E-state index in [1.54, 1.807) is 13.0 Å². The molecule has 1 atom stereocenters. The molecule has 0 aliphatic heterocycles. The number of amides is 1. The van der Waals surface area contributed by atoms with Crippen molar-refractivity contribution >= 4 is 17.1 Å². The van der Waals surface area contributed by atoms with Crippen molar-refractivity contribution < 1.29 is 23.1 Å². The molecule has 3 aromatic rings. The number of nitrogens with one attached hydrogen (secondary N) is 1. The molecule has 0 fully saturated rings. The lowest BCUT2D eigenvalue weighted by molar-refractivity contribution is 0.186. The molecular weight excluding hydrogens is 348 g/mol. The molecule has 0 aliphatic carbocycles. The number of hydrogen-bond acceptors (Lipinski definition) is 5. The van der Waals surface area contributed by atoms with E-state index < -0.39 is 29.4 Å². The Morgan fingerprint density at radius 2 is 1.92 bits per heavy atom. The van der Waals surface area contributed by atoms with E-state index >= 15 is 0 Å². The Kier molecular flexibility index (Phi) is 4.61. The van der Waals surface area contributed by atoms with Crippen molar-refractivity contribution in [3.05, 3.63) is 69.5 Å². The van der Waals surface area contributed by atoms with Crippen molar-refractivity contribution in [3.8, 4) is 0 Å². The molecule has 7 nitrogen and oxygen atoms in total. The van der Waals surface area contributed by atoms with E-state index in [0.717, 1.165) is 12.1 Å². The molecule has 0 bridgehead atoms. The largest absolute Gasteiger partial charge is 0.465 e. The van der Waals surface area contributed by atoms with E-state index in [0.29, 0.717) is 11.8 Å². The SMILES string of the molecule is Cc1ccc2c(=O)oc(C(Cc3cc(F)cc(F)c3)NC(=O)O)nc2n1. The first-order valence-electron chi connectivity index (χ1n) is 7.54. The predicted molar refractivity (Wildman–Crippen MR) is 86.8 cm³/mol. The highest BCUT2D eigenvalue weighted by molar-refractivity contribution is 5.73. The quantitative estimate of drug-likeness (QED) is 0.740. The Hall–Kier alpha value is -3.36. The van der Waals surface area contributed by atoms with Crippen LogP contribution in [0, 0.1) is 18.6 Å². The molecule has 1 aromatic carbocycles. The van der Waals surface area contributed by atoms with Crippen LogP contribution in [0.15, 0.2) is 39.5 Å². The summed E-state index contributed by atoms with van der Waals surface area (Å²) in [6.07, 6.45) is -1.58. The van der Waals surface area contributed by atoms with E-state index in [2.05, 4.69) is 15.3 Å². The lowest BCUT2D eigenvalue weighted by Gasteiger charge is -2.15. The van der Waals surface area contributed by atoms with Crippen LogP contribution < -0.4 is 10.9 Å². The molecule has 3 rings (SSSR count). The van der Waals surface area contributed by atoms with Gasteiger partial charge in [0.2, 0.25) is 5.89 Å². The molecule has 1 unspecified atom stereocenters.